The van der Waals surface area contributed by atoms with Crippen molar-refractivity contribution in [3.63, 3.8) is 0 Å². The second-order valence-corrected chi connectivity index (χ2v) is 12.3. The van der Waals surface area contributed by atoms with Crippen LogP contribution in [0.1, 0.15) is 18.5 Å². The number of anilines is 1. The molecule has 0 aliphatic rings. The lowest BCUT2D eigenvalue weighted by molar-refractivity contribution is 0.807. The molecule has 0 amide bonds. The van der Waals surface area contributed by atoms with E-state index in [1.807, 2.05) is 65.2 Å². The zero-order chi connectivity index (χ0) is 13.9. The Labute approximate surface area is 128 Å². The number of hydrogen-bond acceptors (Lipinski definition) is 1. The summed E-state index contributed by atoms with van der Waals surface area (Å²) in [6.07, 6.45) is -3.02. The number of nitrogens with zero attached hydrogens (tertiary/aromatic N) is 1. The molecular weight excluding hydrogens is 317 g/mol. The van der Waals surface area contributed by atoms with Crippen LogP contribution in [0.5, 0.6) is 0 Å². The summed E-state index contributed by atoms with van der Waals surface area (Å²) in [4.78, 5) is 0. The van der Waals surface area contributed by atoms with E-state index in [4.69, 9.17) is 33.2 Å². The molecule has 0 spiro atoms. The summed E-state index contributed by atoms with van der Waals surface area (Å²) in [6, 6.07) is 19.9. The minimum Gasteiger partial charge on any atom is -0.355 e. The van der Waals surface area contributed by atoms with E-state index in [1.54, 1.807) is 0 Å². The van der Waals surface area contributed by atoms with Crippen molar-refractivity contribution in [3.8, 4) is 0 Å². The first-order valence-electron chi connectivity index (χ1n) is 5.96. The largest absolute Gasteiger partial charge is 0.455 e. The Hall–Kier alpha value is -0.673. The van der Waals surface area contributed by atoms with E-state index >= 15 is 0 Å². The molecular formula is C14H14Cl3NSi. The summed E-state index contributed by atoms with van der Waals surface area (Å²) in [5, 5.41) is 0. The number of rotatable bonds is 4. The first-order chi connectivity index (χ1) is 9.00. The minimum atomic E-state index is -3.02. The zero-order valence-corrected chi connectivity index (χ0v) is 13.7. The third-order valence-corrected chi connectivity index (χ3v) is 5.81. The zero-order valence-electron chi connectivity index (χ0n) is 10.4. The summed E-state index contributed by atoms with van der Waals surface area (Å²) in [5.41, 5.74) is 2.07. The molecule has 0 aliphatic heterocycles. The standard InChI is InChI=1S/C14H14Cl3NSi/c1-12(13-8-4-2-5-9-13)18(19(15,16)17)14-10-6-3-7-11-14/h2-12H,1H3. The Kier molecular flexibility index (Phi) is 4.80. The highest BCUT2D eigenvalue weighted by Gasteiger charge is 2.38. The molecule has 2 rings (SSSR count). The van der Waals surface area contributed by atoms with E-state index in [-0.39, 0.29) is 6.04 Å². The molecule has 0 N–H and O–H groups in total. The van der Waals surface area contributed by atoms with Crippen molar-refractivity contribution >= 4 is 45.1 Å². The third-order valence-electron chi connectivity index (χ3n) is 2.98. The molecule has 0 bridgehead atoms. The fourth-order valence-corrected chi connectivity index (χ4v) is 5.28. The predicted molar refractivity (Wildman–Crippen MR) is 87.1 cm³/mol. The second kappa shape index (κ2) is 6.19. The molecule has 1 nitrogen and oxygen atoms in total. The molecule has 0 saturated heterocycles. The molecule has 19 heavy (non-hydrogen) atoms. The van der Waals surface area contributed by atoms with Gasteiger partial charge in [-0.25, -0.2) is 0 Å². The molecule has 0 heterocycles. The maximum Gasteiger partial charge on any atom is 0.455 e. The van der Waals surface area contributed by atoms with Crippen LogP contribution in [0.2, 0.25) is 0 Å². The maximum absolute atomic E-state index is 6.27. The van der Waals surface area contributed by atoms with Crippen LogP contribution in [0, 0.1) is 0 Å². The van der Waals surface area contributed by atoms with Gasteiger partial charge < -0.3 is 4.57 Å². The summed E-state index contributed by atoms with van der Waals surface area (Å²) >= 11 is 18.8. The third kappa shape index (κ3) is 3.66. The van der Waals surface area contributed by atoms with Crippen molar-refractivity contribution in [2.24, 2.45) is 0 Å². The summed E-state index contributed by atoms with van der Waals surface area (Å²) in [7, 11) is 0. The van der Waals surface area contributed by atoms with E-state index in [2.05, 4.69) is 6.92 Å². The molecule has 0 radical (unpaired) electrons. The van der Waals surface area contributed by atoms with Crippen LogP contribution in [0.4, 0.5) is 5.69 Å². The van der Waals surface area contributed by atoms with E-state index < -0.39 is 6.16 Å². The number of hydrogen-bond donors (Lipinski definition) is 0. The van der Waals surface area contributed by atoms with E-state index in [0.29, 0.717) is 0 Å². The van der Waals surface area contributed by atoms with Gasteiger partial charge in [0, 0.05) is 11.7 Å². The SMILES string of the molecule is CC(c1ccccc1)N(c1ccccc1)[Si](Cl)(Cl)Cl. The van der Waals surface area contributed by atoms with Gasteiger partial charge in [-0.15, -0.1) is 33.2 Å². The fraction of sp³-hybridized carbons (Fsp3) is 0.143. The van der Waals surface area contributed by atoms with Gasteiger partial charge in [0.05, 0.1) is 0 Å². The van der Waals surface area contributed by atoms with E-state index in [0.717, 1.165) is 11.3 Å². The molecule has 0 aromatic heterocycles. The summed E-state index contributed by atoms with van der Waals surface area (Å²) in [5.74, 6) is 0. The number of benzene rings is 2. The number of halogens is 3. The predicted octanol–water partition coefficient (Wildman–Crippen LogP) is 5.41. The van der Waals surface area contributed by atoms with Crippen LogP contribution >= 0.6 is 33.2 Å². The molecule has 5 heteroatoms. The van der Waals surface area contributed by atoms with Crippen molar-refractivity contribution in [1.82, 2.24) is 0 Å². The first-order valence-corrected chi connectivity index (χ1v) is 10.9. The van der Waals surface area contributed by atoms with Gasteiger partial charge in [0.2, 0.25) is 0 Å². The van der Waals surface area contributed by atoms with Crippen LogP contribution in [-0.2, 0) is 0 Å². The van der Waals surface area contributed by atoms with Crippen LogP contribution in [0.25, 0.3) is 0 Å². The van der Waals surface area contributed by atoms with Crippen molar-refractivity contribution in [3.05, 3.63) is 66.2 Å². The lowest BCUT2D eigenvalue weighted by atomic mass is 10.1. The molecule has 0 fully saturated rings. The van der Waals surface area contributed by atoms with Crippen molar-refractivity contribution in [2.45, 2.75) is 13.0 Å². The highest BCUT2D eigenvalue weighted by atomic mass is 35.8. The average Bonchev–Trinajstić information content (AvgIpc) is 2.39. The minimum absolute atomic E-state index is 0.0165. The molecule has 100 valence electrons. The molecule has 2 aromatic carbocycles. The number of para-hydroxylation sites is 1. The Morgan fingerprint density at radius 2 is 1.32 bits per heavy atom. The lowest BCUT2D eigenvalue weighted by Gasteiger charge is -2.36. The summed E-state index contributed by atoms with van der Waals surface area (Å²) < 4.78 is 1.91. The topological polar surface area (TPSA) is 3.24 Å². The Morgan fingerprint density at radius 1 is 0.842 bits per heavy atom. The molecule has 1 unspecified atom stereocenters. The molecule has 0 aliphatic carbocycles. The Morgan fingerprint density at radius 3 is 1.79 bits per heavy atom. The van der Waals surface area contributed by atoms with Crippen molar-refractivity contribution in [2.75, 3.05) is 4.57 Å². The van der Waals surface area contributed by atoms with Gasteiger partial charge in [0.1, 0.15) is 0 Å². The van der Waals surface area contributed by atoms with Gasteiger partial charge in [-0.1, -0.05) is 48.5 Å². The van der Waals surface area contributed by atoms with E-state index in [9.17, 15) is 0 Å². The van der Waals surface area contributed by atoms with Gasteiger partial charge in [0.25, 0.3) is 0 Å². The van der Waals surface area contributed by atoms with Crippen LogP contribution in [0.3, 0.4) is 0 Å². The summed E-state index contributed by atoms with van der Waals surface area (Å²) in [6.45, 7) is 2.05. The smallest absolute Gasteiger partial charge is 0.355 e. The van der Waals surface area contributed by atoms with Crippen molar-refractivity contribution in [1.29, 1.82) is 0 Å². The lowest BCUT2D eigenvalue weighted by Crippen LogP contribution is -2.42. The van der Waals surface area contributed by atoms with Crippen molar-refractivity contribution < 1.29 is 0 Å². The van der Waals surface area contributed by atoms with Gasteiger partial charge in [-0.3, -0.25) is 0 Å². The average molecular weight is 331 g/mol. The van der Waals surface area contributed by atoms with E-state index in [1.165, 1.54) is 0 Å². The highest BCUT2D eigenvalue weighted by Crippen LogP contribution is 2.37. The van der Waals surface area contributed by atoms with Gasteiger partial charge in [-0.2, -0.15) is 0 Å². The van der Waals surface area contributed by atoms with Gasteiger partial charge in [-0.05, 0) is 24.6 Å². The Bertz CT molecular complexity index is 513. The Balaban J connectivity index is 2.40. The monoisotopic (exact) mass is 329 g/mol. The molecule has 1 atom stereocenters. The highest BCUT2D eigenvalue weighted by molar-refractivity contribution is 7.65. The van der Waals surface area contributed by atoms with Crippen LogP contribution in [0.15, 0.2) is 60.7 Å². The first kappa shape index (κ1) is 14.7. The fourth-order valence-electron chi connectivity index (χ4n) is 2.06. The molecule has 2 aromatic rings. The normalized spacial score (nSPS) is 13.1. The van der Waals surface area contributed by atoms with Crippen LogP contribution in [-0.4, -0.2) is 6.16 Å². The second-order valence-electron chi connectivity index (χ2n) is 4.26. The molecule has 0 saturated carbocycles. The maximum atomic E-state index is 6.27. The quantitative estimate of drug-likeness (QED) is 0.535. The van der Waals surface area contributed by atoms with Crippen LogP contribution < -0.4 is 4.57 Å². The van der Waals surface area contributed by atoms with Gasteiger partial charge >= 0.3 is 6.16 Å². The van der Waals surface area contributed by atoms with Gasteiger partial charge in [0.15, 0.2) is 0 Å².